The van der Waals surface area contributed by atoms with E-state index in [1.807, 2.05) is 0 Å². The lowest BCUT2D eigenvalue weighted by atomic mass is 9.89. The molecule has 1 aromatic rings. The molecule has 1 aromatic heterocycles. The summed E-state index contributed by atoms with van der Waals surface area (Å²) in [5.74, 6) is 2.63. The first-order valence-corrected chi connectivity index (χ1v) is 7.86. The third-order valence-corrected chi connectivity index (χ3v) is 4.58. The van der Waals surface area contributed by atoms with Crippen molar-refractivity contribution in [2.45, 2.75) is 57.9 Å². The molecular formula is C15H25N3O. The van der Waals surface area contributed by atoms with Gasteiger partial charge in [0.2, 0.25) is 0 Å². The summed E-state index contributed by atoms with van der Waals surface area (Å²) in [4.78, 5) is 4.47. The fraction of sp³-hybridized carbons (Fsp3) is 0.867. The fourth-order valence-electron chi connectivity index (χ4n) is 3.44. The van der Waals surface area contributed by atoms with Crippen LogP contribution in [0.2, 0.25) is 0 Å². The molecule has 1 unspecified atom stereocenters. The van der Waals surface area contributed by atoms with Crippen molar-refractivity contribution in [2.24, 2.45) is 11.8 Å². The highest BCUT2D eigenvalue weighted by Crippen LogP contribution is 2.25. The molecule has 1 aliphatic heterocycles. The third kappa shape index (κ3) is 3.56. The third-order valence-electron chi connectivity index (χ3n) is 4.58. The Morgan fingerprint density at radius 3 is 2.74 bits per heavy atom. The Balaban J connectivity index is 1.57. The van der Waals surface area contributed by atoms with Crippen LogP contribution in [0.1, 0.15) is 50.8 Å². The Kier molecular flexibility index (Phi) is 4.49. The lowest BCUT2D eigenvalue weighted by Crippen LogP contribution is -2.23. The van der Waals surface area contributed by atoms with Gasteiger partial charge in [-0.25, -0.2) is 9.67 Å². The first-order valence-electron chi connectivity index (χ1n) is 7.86. The van der Waals surface area contributed by atoms with E-state index in [1.165, 1.54) is 50.8 Å². The smallest absolute Gasteiger partial charge is 0.138 e. The molecule has 0 radical (unpaired) electrons. The van der Waals surface area contributed by atoms with E-state index in [0.717, 1.165) is 32.1 Å². The van der Waals surface area contributed by atoms with E-state index in [1.54, 1.807) is 6.33 Å². The van der Waals surface area contributed by atoms with Crippen LogP contribution in [0.5, 0.6) is 0 Å². The Bertz CT molecular complexity index is 344. The van der Waals surface area contributed by atoms with E-state index in [0.29, 0.717) is 5.92 Å². The Morgan fingerprint density at radius 1 is 1.11 bits per heavy atom. The van der Waals surface area contributed by atoms with E-state index in [9.17, 15) is 0 Å². The molecule has 1 aliphatic carbocycles. The zero-order valence-electron chi connectivity index (χ0n) is 11.8. The van der Waals surface area contributed by atoms with Gasteiger partial charge in [0.05, 0.1) is 0 Å². The summed E-state index contributed by atoms with van der Waals surface area (Å²) in [6, 6.07) is 0. The van der Waals surface area contributed by atoms with Gasteiger partial charge in [-0.05, 0) is 37.5 Å². The van der Waals surface area contributed by atoms with Gasteiger partial charge in [-0.2, -0.15) is 5.10 Å². The van der Waals surface area contributed by atoms with Gasteiger partial charge in [-0.15, -0.1) is 0 Å². The number of nitrogens with zero attached hydrogens (tertiary/aromatic N) is 3. The van der Waals surface area contributed by atoms with Crippen LogP contribution < -0.4 is 0 Å². The Morgan fingerprint density at radius 2 is 1.95 bits per heavy atom. The zero-order chi connectivity index (χ0) is 12.9. The molecule has 2 aliphatic rings. The summed E-state index contributed by atoms with van der Waals surface area (Å²) < 4.78 is 7.72. The van der Waals surface area contributed by atoms with Crippen LogP contribution in [0.25, 0.3) is 0 Å². The quantitative estimate of drug-likeness (QED) is 0.838. The Labute approximate surface area is 115 Å². The van der Waals surface area contributed by atoms with Crippen LogP contribution in [0, 0.1) is 11.8 Å². The van der Waals surface area contributed by atoms with Gasteiger partial charge in [0.25, 0.3) is 0 Å². The fourth-order valence-corrected chi connectivity index (χ4v) is 3.44. The summed E-state index contributed by atoms with van der Waals surface area (Å²) in [5.41, 5.74) is 0. The molecular weight excluding hydrogens is 238 g/mol. The molecule has 0 spiro atoms. The molecule has 19 heavy (non-hydrogen) atoms. The summed E-state index contributed by atoms with van der Waals surface area (Å²) >= 11 is 0. The van der Waals surface area contributed by atoms with Crippen molar-refractivity contribution in [3.05, 3.63) is 12.2 Å². The monoisotopic (exact) mass is 263 g/mol. The van der Waals surface area contributed by atoms with Crippen molar-refractivity contribution >= 4 is 0 Å². The number of hydrogen-bond donors (Lipinski definition) is 0. The maximum atomic E-state index is 5.56. The molecule has 1 saturated heterocycles. The molecule has 4 nitrogen and oxygen atoms in total. The molecule has 0 N–H and O–H groups in total. The van der Waals surface area contributed by atoms with Gasteiger partial charge in [-0.1, -0.05) is 19.3 Å². The number of hydrogen-bond acceptors (Lipinski definition) is 3. The molecule has 3 rings (SSSR count). The van der Waals surface area contributed by atoms with E-state index in [-0.39, 0.29) is 0 Å². The standard InChI is InChI=1S/C15H25N3O/c1-2-5-13(6-3-1)10-18-15(16-12-17-18)9-14-7-4-8-19-11-14/h12-14H,1-11H2. The van der Waals surface area contributed by atoms with Crippen LogP contribution in [-0.4, -0.2) is 28.0 Å². The van der Waals surface area contributed by atoms with Crippen molar-refractivity contribution in [3.63, 3.8) is 0 Å². The number of ether oxygens (including phenoxy) is 1. The SMILES string of the molecule is c1nc(CC2CCCOC2)n(CC2CCCCC2)n1. The van der Waals surface area contributed by atoms with Gasteiger partial charge >= 0.3 is 0 Å². The first-order chi connectivity index (χ1) is 9.42. The normalized spacial score (nSPS) is 25.6. The number of rotatable bonds is 4. The van der Waals surface area contributed by atoms with E-state index < -0.39 is 0 Å². The van der Waals surface area contributed by atoms with Crippen molar-refractivity contribution < 1.29 is 4.74 Å². The van der Waals surface area contributed by atoms with Gasteiger partial charge in [0.1, 0.15) is 12.2 Å². The minimum absolute atomic E-state index is 0.642. The lowest BCUT2D eigenvalue weighted by Gasteiger charge is -2.24. The highest BCUT2D eigenvalue weighted by Gasteiger charge is 2.20. The summed E-state index contributed by atoms with van der Waals surface area (Å²) in [6.07, 6.45) is 12.2. The molecule has 2 fully saturated rings. The van der Waals surface area contributed by atoms with Crippen LogP contribution in [0.15, 0.2) is 6.33 Å². The highest BCUT2D eigenvalue weighted by molar-refractivity contribution is 4.89. The lowest BCUT2D eigenvalue weighted by molar-refractivity contribution is 0.0537. The zero-order valence-corrected chi connectivity index (χ0v) is 11.8. The van der Waals surface area contributed by atoms with E-state index >= 15 is 0 Å². The largest absolute Gasteiger partial charge is 0.381 e. The molecule has 0 amide bonds. The second-order valence-electron chi connectivity index (χ2n) is 6.15. The summed E-state index contributed by atoms with van der Waals surface area (Å²) in [7, 11) is 0. The van der Waals surface area contributed by atoms with Crippen molar-refractivity contribution in [1.29, 1.82) is 0 Å². The maximum Gasteiger partial charge on any atom is 0.138 e. The average molecular weight is 263 g/mol. The predicted octanol–water partition coefficient (Wildman–Crippen LogP) is 2.83. The summed E-state index contributed by atoms with van der Waals surface area (Å²) in [6.45, 7) is 2.91. The van der Waals surface area contributed by atoms with Gasteiger partial charge in [0.15, 0.2) is 0 Å². The van der Waals surface area contributed by atoms with Gasteiger partial charge in [0, 0.05) is 26.2 Å². The van der Waals surface area contributed by atoms with Crippen molar-refractivity contribution in [1.82, 2.24) is 14.8 Å². The van der Waals surface area contributed by atoms with Gasteiger partial charge < -0.3 is 4.74 Å². The Hall–Kier alpha value is -0.900. The molecule has 2 heterocycles. The topological polar surface area (TPSA) is 39.9 Å². The first kappa shape index (κ1) is 13.1. The molecule has 0 bridgehead atoms. The minimum atomic E-state index is 0.642. The molecule has 1 atom stereocenters. The van der Waals surface area contributed by atoms with Crippen LogP contribution in [0.4, 0.5) is 0 Å². The minimum Gasteiger partial charge on any atom is -0.381 e. The van der Waals surface area contributed by atoms with Gasteiger partial charge in [-0.3, -0.25) is 0 Å². The molecule has 0 aromatic carbocycles. The second kappa shape index (κ2) is 6.51. The van der Waals surface area contributed by atoms with E-state index in [4.69, 9.17) is 4.74 Å². The molecule has 4 heteroatoms. The molecule has 106 valence electrons. The van der Waals surface area contributed by atoms with Crippen LogP contribution in [0.3, 0.4) is 0 Å². The van der Waals surface area contributed by atoms with Crippen molar-refractivity contribution in [2.75, 3.05) is 13.2 Å². The number of aromatic nitrogens is 3. The molecule has 1 saturated carbocycles. The van der Waals surface area contributed by atoms with Crippen LogP contribution >= 0.6 is 0 Å². The average Bonchev–Trinajstić information content (AvgIpc) is 2.88. The highest BCUT2D eigenvalue weighted by atomic mass is 16.5. The van der Waals surface area contributed by atoms with E-state index in [2.05, 4.69) is 14.8 Å². The summed E-state index contributed by atoms with van der Waals surface area (Å²) in [5, 5.41) is 4.44. The maximum absolute atomic E-state index is 5.56. The second-order valence-corrected chi connectivity index (χ2v) is 6.15. The van der Waals surface area contributed by atoms with Crippen LogP contribution in [-0.2, 0) is 17.7 Å². The van der Waals surface area contributed by atoms with Crippen molar-refractivity contribution in [3.8, 4) is 0 Å². The predicted molar refractivity (Wildman–Crippen MR) is 73.8 cm³/mol.